The smallest absolute Gasteiger partial charge is 0.166 e. The summed E-state index contributed by atoms with van der Waals surface area (Å²) in [6, 6.07) is 3.61. The Morgan fingerprint density at radius 3 is 2.88 bits per heavy atom. The third kappa shape index (κ3) is 4.11. The number of thioether (sulfide) groups is 1. The van der Waals surface area contributed by atoms with Gasteiger partial charge in [0.05, 0.1) is 10.7 Å². The molecule has 0 aromatic carbocycles. The lowest BCUT2D eigenvalue weighted by Gasteiger charge is -2.06. The average molecular weight is 257 g/mol. The molecule has 1 rings (SSSR count). The van der Waals surface area contributed by atoms with Crippen LogP contribution in [0.4, 0.5) is 11.5 Å². The first kappa shape index (κ1) is 12.9. The van der Waals surface area contributed by atoms with Crippen molar-refractivity contribution in [1.29, 1.82) is 0 Å². The number of nitrogens with one attached hydrogen (secondary N) is 2. The highest BCUT2D eigenvalue weighted by molar-refractivity contribution is 7.99. The van der Waals surface area contributed by atoms with Crippen LogP contribution in [0.2, 0.25) is 0 Å². The van der Waals surface area contributed by atoms with Crippen LogP contribution in [0, 0.1) is 0 Å². The van der Waals surface area contributed by atoms with Gasteiger partial charge in [-0.15, -0.1) is 11.8 Å². The Kier molecular flexibility index (Phi) is 5.13. The molecule has 0 aliphatic carbocycles. The van der Waals surface area contributed by atoms with Crippen molar-refractivity contribution >= 4 is 40.6 Å². The Morgan fingerprint density at radius 1 is 1.50 bits per heavy atom. The quantitative estimate of drug-likeness (QED) is 0.353. The summed E-state index contributed by atoms with van der Waals surface area (Å²) in [6.07, 6.45) is 0. The number of nitrogens with two attached hydrogens (primary N) is 2. The highest BCUT2D eigenvalue weighted by Gasteiger charge is 2.00. The summed E-state index contributed by atoms with van der Waals surface area (Å²) in [5.41, 5.74) is 11.7. The van der Waals surface area contributed by atoms with Crippen LogP contribution in [0.15, 0.2) is 17.2 Å². The molecular weight excluding hydrogens is 242 g/mol. The van der Waals surface area contributed by atoms with Crippen LogP contribution < -0.4 is 22.1 Å². The van der Waals surface area contributed by atoms with Gasteiger partial charge in [0.15, 0.2) is 5.11 Å². The second-order valence-corrected chi connectivity index (χ2v) is 4.50. The van der Waals surface area contributed by atoms with Crippen molar-refractivity contribution in [1.82, 2.24) is 15.6 Å². The van der Waals surface area contributed by atoms with E-state index in [0.29, 0.717) is 16.6 Å². The summed E-state index contributed by atoms with van der Waals surface area (Å²) in [7, 11) is 1.78. The van der Waals surface area contributed by atoms with Crippen molar-refractivity contribution in [2.75, 3.05) is 30.8 Å². The molecule has 0 amide bonds. The molecule has 0 aliphatic heterocycles. The minimum absolute atomic E-state index is 0.378. The number of hydrogen-bond donors (Lipinski definition) is 4. The molecule has 1 aromatic heterocycles. The van der Waals surface area contributed by atoms with E-state index in [9.17, 15) is 0 Å². The van der Waals surface area contributed by atoms with Crippen molar-refractivity contribution in [3.05, 3.63) is 12.1 Å². The second-order valence-electron chi connectivity index (χ2n) is 2.98. The second kappa shape index (κ2) is 6.39. The number of pyridine rings is 1. The fourth-order valence-corrected chi connectivity index (χ4v) is 1.80. The van der Waals surface area contributed by atoms with Crippen molar-refractivity contribution in [2.45, 2.75) is 5.03 Å². The summed E-state index contributed by atoms with van der Waals surface area (Å²) in [6.45, 7) is 0.774. The van der Waals surface area contributed by atoms with E-state index in [2.05, 4.69) is 15.6 Å². The molecule has 6 N–H and O–H groups in total. The minimum Gasteiger partial charge on any atom is -0.396 e. The molecule has 88 valence electrons. The summed E-state index contributed by atoms with van der Waals surface area (Å²) in [5.74, 6) is 1.24. The van der Waals surface area contributed by atoms with Crippen LogP contribution in [-0.4, -0.2) is 29.4 Å². The third-order valence-electron chi connectivity index (χ3n) is 1.80. The lowest BCUT2D eigenvalue weighted by Crippen LogP contribution is -2.33. The maximum atomic E-state index is 5.60. The predicted octanol–water partition coefficient (Wildman–Crippen LogP) is 0.432. The van der Waals surface area contributed by atoms with Crippen LogP contribution in [0.5, 0.6) is 0 Å². The van der Waals surface area contributed by atoms with E-state index >= 15 is 0 Å². The van der Waals surface area contributed by atoms with Gasteiger partial charge in [0.2, 0.25) is 0 Å². The van der Waals surface area contributed by atoms with Crippen LogP contribution in [-0.2, 0) is 0 Å². The van der Waals surface area contributed by atoms with Gasteiger partial charge in [-0.3, -0.25) is 0 Å². The number of nitrogens with zero attached hydrogens (tertiary/aromatic N) is 1. The van der Waals surface area contributed by atoms with Crippen molar-refractivity contribution in [3.63, 3.8) is 0 Å². The molecule has 0 spiro atoms. The zero-order valence-electron chi connectivity index (χ0n) is 8.99. The average Bonchev–Trinajstić information content (AvgIpc) is 2.28. The molecule has 1 aromatic rings. The molecule has 0 saturated heterocycles. The number of aromatic nitrogens is 1. The SMILES string of the molecule is CNC(=S)NCCSc1ccc(N)c(N)n1. The molecular formula is C9H15N5S2. The standard InChI is InChI=1S/C9H15N5S2/c1-12-9(15)13-4-5-16-7-3-2-6(10)8(11)14-7/h2-3H,4-5,10H2,1H3,(H2,11,14)(H2,12,13,15). The first-order valence-electron chi connectivity index (χ1n) is 4.74. The first-order valence-corrected chi connectivity index (χ1v) is 6.13. The predicted molar refractivity (Wildman–Crippen MR) is 73.4 cm³/mol. The van der Waals surface area contributed by atoms with E-state index in [4.69, 9.17) is 23.7 Å². The normalized spacial score (nSPS) is 9.81. The maximum Gasteiger partial charge on any atom is 0.166 e. The molecule has 0 unspecified atom stereocenters. The summed E-state index contributed by atoms with van der Waals surface area (Å²) >= 11 is 6.54. The Bertz CT molecular complexity index is 369. The molecule has 0 atom stereocenters. The molecule has 16 heavy (non-hydrogen) atoms. The Morgan fingerprint density at radius 2 is 2.25 bits per heavy atom. The largest absolute Gasteiger partial charge is 0.396 e. The van der Waals surface area contributed by atoms with E-state index in [-0.39, 0.29) is 0 Å². The van der Waals surface area contributed by atoms with Crippen molar-refractivity contribution in [2.24, 2.45) is 0 Å². The Balaban J connectivity index is 2.32. The van der Waals surface area contributed by atoms with Gasteiger partial charge >= 0.3 is 0 Å². The monoisotopic (exact) mass is 257 g/mol. The third-order valence-corrected chi connectivity index (χ3v) is 3.08. The van der Waals surface area contributed by atoms with Gasteiger partial charge in [-0.05, 0) is 24.4 Å². The maximum absolute atomic E-state index is 5.60. The number of hydrogen-bond acceptors (Lipinski definition) is 5. The van der Waals surface area contributed by atoms with Gasteiger partial charge < -0.3 is 22.1 Å². The summed E-state index contributed by atoms with van der Waals surface area (Å²) in [4.78, 5) is 4.15. The topological polar surface area (TPSA) is 89.0 Å². The summed E-state index contributed by atoms with van der Waals surface area (Å²) < 4.78 is 0. The zero-order chi connectivity index (χ0) is 12.0. The molecule has 0 bridgehead atoms. The molecule has 0 fully saturated rings. The lowest BCUT2D eigenvalue weighted by molar-refractivity contribution is 0.941. The molecule has 1 heterocycles. The van der Waals surface area contributed by atoms with Crippen LogP contribution in [0.25, 0.3) is 0 Å². The highest BCUT2D eigenvalue weighted by Crippen LogP contribution is 2.19. The van der Waals surface area contributed by atoms with Gasteiger partial charge in [0.1, 0.15) is 5.82 Å². The van der Waals surface area contributed by atoms with E-state index < -0.39 is 0 Å². The van der Waals surface area contributed by atoms with E-state index in [1.807, 2.05) is 6.07 Å². The van der Waals surface area contributed by atoms with E-state index in [1.165, 1.54) is 0 Å². The van der Waals surface area contributed by atoms with Crippen molar-refractivity contribution in [3.8, 4) is 0 Å². The van der Waals surface area contributed by atoms with Crippen LogP contribution >= 0.6 is 24.0 Å². The van der Waals surface area contributed by atoms with Gasteiger partial charge in [-0.2, -0.15) is 0 Å². The number of anilines is 2. The lowest BCUT2D eigenvalue weighted by atomic mass is 10.4. The van der Waals surface area contributed by atoms with Gasteiger partial charge in [0, 0.05) is 19.3 Å². The molecule has 0 saturated carbocycles. The molecule has 7 heteroatoms. The zero-order valence-corrected chi connectivity index (χ0v) is 10.6. The Labute approximate surface area is 104 Å². The van der Waals surface area contributed by atoms with Gasteiger partial charge in [0.25, 0.3) is 0 Å². The van der Waals surface area contributed by atoms with Crippen LogP contribution in [0.1, 0.15) is 0 Å². The first-order chi connectivity index (χ1) is 7.63. The fraction of sp³-hybridized carbons (Fsp3) is 0.333. The Hall–Kier alpha value is -1.21. The fourth-order valence-electron chi connectivity index (χ4n) is 0.956. The van der Waals surface area contributed by atoms with Gasteiger partial charge in [-0.25, -0.2) is 4.98 Å². The number of rotatable bonds is 4. The van der Waals surface area contributed by atoms with Crippen LogP contribution in [0.3, 0.4) is 0 Å². The van der Waals surface area contributed by atoms with Gasteiger partial charge in [-0.1, -0.05) is 0 Å². The number of thiocarbonyl (C=S) groups is 1. The molecule has 0 radical (unpaired) electrons. The minimum atomic E-state index is 0.378. The van der Waals surface area contributed by atoms with Crippen molar-refractivity contribution < 1.29 is 0 Å². The highest BCUT2D eigenvalue weighted by atomic mass is 32.2. The molecule has 5 nitrogen and oxygen atoms in total. The summed E-state index contributed by atoms with van der Waals surface area (Å²) in [5, 5.41) is 7.39. The molecule has 0 aliphatic rings. The van der Waals surface area contributed by atoms with E-state index in [1.54, 1.807) is 24.9 Å². The number of nitrogen functional groups attached to an aromatic ring is 2. The van der Waals surface area contributed by atoms with E-state index in [0.717, 1.165) is 17.3 Å².